The molecule has 0 atom stereocenters. The summed E-state index contributed by atoms with van der Waals surface area (Å²) in [5.74, 6) is 0.447. The number of fused-ring (bicyclic) bond motifs is 1. The van der Waals surface area contributed by atoms with Crippen molar-refractivity contribution in [1.29, 1.82) is 0 Å². The van der Waals surface area contributed by atoms with Crippen molar-refractivity contribution in [2.24, 2.45) is 0 Å². The number of hydrogen-bond donors (Lipinski definition) is 0. The van der Waals surface area contributed by atoms with E-state index in [1.165, 1.54) is 6.07 Å². The molecule has 3 aromatic rings. The molecule has 4 heteroatoms. The van der Waals surface area contributed by atoms with Crippen LogP contribution in [0.4, 0.5) is 4.39 Å². The van der Waals surface area contributed by atoms with E-state index in [1.807, 2.05) is 41.8 Å². The fourth-order valence-corrected chi connectivity index (χ4v) is 2.49. The quantitative estimate of drug-likeness (QED) is 0.678. The second-order valence-corrected chi connectivity index (χ2v) is 4.66. The lowest BCUT2D eigenvalue weighted by atomic mass is 10.2. The SMILES string of the molecule is CCc1nc2ccc(F)c(Cl)c2n1-c1ccccc1. The van der Waals surface area contributed by atoms with E-state index in [1.54, 1.807) is 6.07 Å². The van der Waals surface area contributed by atoms with E-state index in [2.05, 4.69) is 4.98 Å². The first-order valence-electron chi connectivity index (χ1n) is 6.13. The Morgan fingerprint density at radius 2 is 1.89 bits per heavy atom. The molecule has 2 nitrogen and oxygen atoms in total. The highest BCUT2D eigenvalue weighted by atomic mass is 35.5. The molecule has 0 saturated heterocycles. The Morgan fingerprint density at radius 1 is 1.16 bits per heavy atom. The molecular formula is C15H12ClFN2. The zero-order chi connectivity index (χ0) is 13.4. The Morgan fingerprint density at radius 3 is 2.58 bits per heavy atom. The van der Waals surface area contributed by atoms with Crippen molar-refractivity contribution in [3.8, 4) is 5.69 Å². The molecule has 0 aliphatic carbocycles. The molecule has 0 N–H and O–H groups in total. The van der Waals surface area contributed by atoms with Crippen molar-refractivity contribution in [3.05, 3.63) is 59.1 Å². The van der Waals surface area contributed by atoms with Gasteiger partial charge in [-0.1, -0.05) is 36.7 Å². The highest BCUT2D eigenvalue weighted by molar-refractivity contribution is 6.35. The van der Waals surface area contributed by atoms with Gasteiger partial charge in [0.1, 0.15) is 16.7 Å². The second kappa shape index (κ2) is 4.67. The molecule has 0 aliphatic rings. The Balaban J connectivity index is 2.42. The molecule has 0 spiro atoms. The van der Waals surface area contributed by atoms with Crippen LogP contribution in [0.2, 0.25) is 5.02 Å². The van der Waals surface area contributed by atoms with Gasteiger partial charge in [-0.2, -0.15) is 0 Å². The maximum absolute atomic E-state index is 13.7. The molecule has 2 aromatic carbocycles. The van der Waals surface area contributed by atoms with Crippen LogP contribution in [-0.4, -0.2) is 9.55 Å². The molecule has 96 valence electrons. The fraction of sp³-hybridized carbons (Fsp3) is 0.133. The summed E-state index contributed by atoms with van der Waals surface area (Å²) >= 11 is 6.12. The standard InChI is InChI=1S/C15H12ClFN2/c1-2-13-18-12-9-8-11(17)14(16)15(12)19(13)10-6-4-3-5-7-10/h3-9H,2H2,1H3. The number of nitrogens with zero attached hydrogens (tertiary/aromatic N) is 2. The summed E-state index contributed by atoms with van der Waals surface area (Å²) in [7, 11) is 0. The van der Waals surface area contributed by atoms with Gasteiger partial charge in [-0.15, -0.1) is 0 Å². The minimum absolute atomic E-state index is 0.119. The smallest absolute Gasteiger partial charge is 0.144 e. The van der Waals surface area contributed by atoms with Crippen LogP contribution in [0, 0.1) is 5.82 Å². The average Bonchev–Trinajstić information content (AvgIpc) is 2.83. The number of aromatic nitrogens is 2. The monoisotopic (exact) mass is 274 g/mol. The third kappa shape index (κ3) is 1.90. The lowest BCUT2D eigenvalue weighted by Gasteiger charge is -2.09. The summed E-state index contributed by atoms with van der Waals surface area (Å²) in [6.45, 7) is 2.02. The molecule has 19 heavy (non-hydrogen) atoms. The van der Waals surface area contributed by atoms with Gasteiger partial charge in [0.15, 0.2) is 0 Å². The predicted molar refractivity (Wildman–Crippen MR) is 75.4 cm³/mol. The topological polar surface area (TPSA) is 17.8 Å². The molecule has 0 aliphatic heterocycles. The number of aryl methyl sites for hydroxylation is 1. The predicted octanol–water partition coefficient (Wildman–Crippen LogP) is 4.38. The number of hydrogen-bond acceptors (Lipinski definition) is 1. The zero-order valence-corrected chi connectivity index (χ0v) is 11.2. The van der Waals surface area contributed by atoms with Gasteiger partial charge in [0, 0.05) is 12.1 Å². The van der Waals surface area contributed by atoms with E-state index >= 15 is 0 Å². The summed E-state index contributed by atoms with van der Waals surface area (Å²) in [5.41, 5.74) is 2.28. The van der Waals surface area contributed by atoms with Crippen molar-refractivity contribution in [2.45, 2.75) is 13.3 Å². The molecule has 0 saturated carbocycles. The normalized spacial score (nSPS) is 11.1. The highest BCUT2D eigenvalue weighted by Crippen LogP contribution is 2.30. The molecule has 0 amide bonds. The van der Waals surface area contributed by atoms with Crippen LogP contribution in [0.25, 0.3) is 16.7 Å². The molecular weight excluding hydrogens is 263 g/mol. The largest absolute Gasteiger partial charge is 0.295 e. The minimum atomic E-state index is -0.422. The molecule has 3 rings (SSSR count). The second-order valence-electron chi connectivity index (χ2n) is 4.28. The summed E-state index contributed by atoms with van der Waals surface area (Å²) in [4.78, 5) is 4.52. The molecule has 0 bridgehead atoms. The van der Waals surface area contributed by atoms with Crippen LogP contribution in [0.3, 0.4) is 0 Å². The Labute approximate surface area is 115 Å². The van der Waals surface area contributed by atoms with Gasteiger partial charge in [0.25, 0.3) is 0 Å². The van der Waals surface area contributed by atoms with Crippen LogP contribution in [-0.2, 0) is 6.42 Å². The first-order valence-corrected chi connectivity index (χ1v) is 6.51. The third-order valence-electron chi connectivity index (χ3n) is 3.11. The maximum atomic E-state index is 13.7. The fourth-order valence-electron chi connectivity index (χ4n) is 2.24. The number of imidazole rings is 1. The van der Waals surface area contributed by atoms with Gasteiger partial charge in [-0.3, -0.25) is 4.57 Å². The van der Waals surface area contributed by atoms with Gasteiger partial charge < -0.3 is 0 Å². The van der Waals surface area contributed by atoms with E-state index in [0.29, 0.717) is 11.0 Å². The highest BCUT2D eigenvalue weighted by Gasteiger charge is 2.16. The summed E-state index contributed by atoms with van der Waals surface area (Å²) in [5, 5.41) is 0.119. The van der Waals surface area contributed by atoms with Gasteiger partial charge in [-0.05, 0) is 24.3 Å². The van der Waals surface area contributed by atoms with Crippen LogP contribution in [0.5, 0.6) is 0 Å². The average molecular weight is 275 g/mol. The lowest BCUT2D eigenvalue weighted by Crippen LogP contribution is -2.00. The van der Waals surface area contributed by atoms with Crippen LogP contribution in [0.1, 0.15) is 12.7 Å². The van der Waals surface area contributed by atoms with Gasteiger partial charge in [-0.25, -0.2) is 9.37 Å². The maximum Gasteiger partial charge on any atom is 0.144 e. The van der Waals surface area contributed by atoms with Crippen molar-refractivity contribution >= 4 is 22.6 Å². The van der Waals surface area contributed by atoms with E-state index in [-0.39, 0.29) is 5.02 Å². The third-order valence-corrected chi connectivity index (χ3v) is 3.47. The molecule has 0 radical (unpaired) electrons. The van der Waals surface area contributed by atoms with E-state index < -0.39 is 5.82 Å². The molecule has 0 fully saturated rings. The zero-order valence-electron chi connectivity index (χ0n) is 10.4. The molecule has 1 heterocycles. The van der Waals surface area contributed by atoms with E-state index in [4.69, 9.17) is 11.6 Å². The van der Waals surface area contributed by atoms with E-state index in [0.717, 1.165) is 17.9 Å². The number of rotatable bonds is 2. The van der Waals surface area contributed by atoms with Gasteiger partial charge in [0.05, 0.1) is 11.0 Å². The van der Waals surface area contributed by atoms with Crippen LogP contribution < -0.4 is 0 Å². The number of para-hydroxylation sites is 1. The molecule has 0 unspecified atom stereocenters. The van der Waals surface area contributed by atoms with Crippen LogP contribution in [0.15, 0.2) is 42.5 Å². The first-order chi connectivity index (χ1) is 9.22. The summed E-state index contributed by atoms with van der Waals surface area (Å²) < 4.78 is 15.6. The van der Waals surface area contributed by atoms with Crippen molar-refractivity contribution in [3.63, 3.8) is 0 Å². The Hall–Kier alpha value is -1.87. The number of benzene rings is 2. The summed E-state index contributed by atoms with van der Waals surface area (Å²) in [6, 6.07) is 12.8. The lowest BCUT2D eigenvalue weighted by molar-refractivity contribution is 0.629. The van der Waals surface area contributed by atoms with Crippen LogP contribution >= 0.6 is 11.6 Å². The van der Waals surface area contributed by atoms with Gasteiger partial charge in [0.2, 0.25) is 0 Å². The summed E-state index contributed by atoms with van der Waals surface area (Å²) in [6.07, 6.45) is 0.752. The van der Waals surface area contributed by atoms with Gasteiger partial charge >= 0.3 is 0 Å². The van der Waals surface area contributed by atoms with E-state index in [9.17, 15) is 4.39 Å². The van der Waals surface area contributed by atoms with Crippen molar-refractivity contribution in [1.82, 2.24) is 9.55 Å². The Bertz CT molecular complexity index is 735. The molecule has 1 aromatic heterocycles. The number of halogens is 2. The van der Waals surface area contributed by atoms with Crippen molar-refractivity contribution < 1.29 is 4.39 Å². The minimum Gasteiger partial charge on any atom is -0.295 e. The Kier molecular flexibility index (Phi) is 2.99. The first kappa shape index (κ1) is 12.2. The van der Waals surface area contributed by atoms with Crippen molar-refractivity contribution in [2.75, 3.05) is 0 Å².